The smallest absolute Gasteiger partial charge is 0.323 e. The summed E-state index contributed by atoms with van der Waals surface area (Å²) in [5.41, 5.74) is 0. The number of nitrogens with one attached hydrogen (secondary N) is 1. The van der Waals surface area contributed by atoms with Crippen LogP contribution < -0.4 is 5.32 Å². The van der Waals surface area contributed by atoms with E-state index in [9.17, 15) is 4.79 Å². The molecule has 1 aliphatic carbocycles. The van der Waals surface area contributed by atoms with Crippen molar-refractivity contribution in [3.63, 3.8) is 0 Å². The fourth-order valence-electron chi connectivity index (χ4n) is 3.54. The van der Waals surface area contributed by atoms with Crippen molar-refractivity contribution in [1.82, 2.24) is 5.32 Å². The highest BCUT2D eigenvalue weighted by Gasteiger charge is 2.37. The van der Waals surface area contributed by atoms with Gasteiger partial charge < -0.3 is 14.8 Å². The lowest BCUT2D eigenvalue weighted by atomic mass is 9.75. The Bertz CT molecular complexity index is 332. The zero-order valence-electron chi connectivity index (χ0n) is 13.2. The average Bonchev–Trinajstić information content (AvgIpc) is 2.87. The van der Waals surface area contributed by atoms with Crippen molar-refractivity contribution in [3.05, 3.63) is 0 Å². The van der Waals surface area contributed by atoms with Crippen LogP contribution in [0.4, 0.5) is 0 Å². The highest BCUT2D eigenvalue weighted by atomic mass is 16.5. The van der Waals surface area contributed by atoms with Gasteiger partial charge in [0.2, 0.25) is 0 Å². The highest BCUT2D eigenvalue weighted by molar-refractivity contribution is 5.76. The van der Waals surface area contributed by atoms with Crippen molar-refractivity contribution in [2.75, 3.05) is 13.7 Å². The third kappa shape index (κ3) is 3.73. The second kappa shape index (κ2) is 6.90. The molecule has 1 heterocycles. The first-order valence-corrected chi connectivity index (χ1v) is 7.98. The van der Waals surface area contributed by atoms with E-state index in [0.29, 0.717) is 17.8 Å². The Morgan fingerprint density at radius 3 is 2.60 bits per heavy atom. The Kier molecular flexibility index (Phi) is 5.44. The van der Waals surface area contributed by atoms with Gasteiger partial charge in [0.1, 0.15) is 12.1 Å². The zero-order chi connectivity index (χ0) is 14.7. The number of carbonyl (C=O) groups is 1. The summed E-state index contributed by atoms with van der Waals surface area (Å²) in [7, 11) is 1.69. The molecule has 0 bridgehead atoms. The van der Waals surface area contributed by atoms with Crippen LogP contribution in [0.25, 0.3) is 0 Å². The SMILES string of the molecule is COC1CNC(C(=O)OC2CC(C)CCC2C(C)C)C1. The van der Waals surface area contributed by atoms with Gasteiger partial charge in [-0.05, 0) is 30.6 Å². The number of rotatable bonds is 4. The van der Waals surface area contributed by atoms with Gasteiger partial charge in [-0.3, -0.25) is 4.79 Å². The van der Waals surface area contributed by atoms with E-state index in [1.54, 1.807) is 7.11 Å². The summed E-state index contributed by atoms with van der Waals surface area (Å²) in [6.07, 6.45) is 4.40. The van der Waals surface area contributed by atoms with Crippen LogP contribution in [0, 0.1) is 17.8 Å². The van der Waals surface area contributed by atoms with Crippen LogP contribution in [0.1, 0.15) is 46.5 Å². The van der Waals surface area contributed by atoms with E-state index >= 15 is 0 Å². The molecule has 2 rings (SSSR count). The summed E-state index contributed by atoms with van der Waals surface area (Å²) in [6.45, 7) is 7.46. The Morgan fingerprint density at radius 2 is 2.00 bits per heavy atom. The second-order valence-corrected chi connectivity index (χ2v) is 6.86. The number of methoxy groups -OCH3 is 1. The van der Waals surface area contributed by atoms with Crippen LogP contribution in [0.3, 0.4) is 0 Å². The molecule has 2 aliphatic rings. The molecular formula is C16H29NO3. The third-order valence-corrected chi connectivity index (χ3v) is 4.94. The molecule has 0 spiro atoms. The first kappa shape index (κ1) is 15.8. The van der Waals surface area contributed by atoms with E-state index in [0.717, 1.165) is 19.4 Å². The molecule has 1 N–H and O–H groups in total. The Hall–Kier alpha value is -0.610. The molecular weight excluding hydrogens is 254 g/mol. The van der Waals surface area contributed by atoms with Gasteiger partial charge in [0.05, 0.1) is 6.10 Å². The molecule has 0 aromatic carbocycles. The van der Waals surface area contributed by atoms with Gasteiger partial charge >= 0.3 is 5.97 Å². The molecule has 116 valence electrons. The Labute approximate surface area is 122 Å². The van der Waals surface area contributed by atoms with Crippen LogP contribution in [0.15, 0.2) is 0 Å². The van der Waals surface area contributed by atoms with Crippen LogP contribution in [-0.4, -0.2) is 37.9 Å². The number of hydrogen-bond donors (Lipinski definition) is 1. The summed E-state index contributed by atoms with van der Waals surface area (Å²) in [5.74, 6) is 1.65. The number of esters is 1. The zero-order valence-corrected chi connectivity index (χ0v) is 13.2. The predicted octanol–water partition coefficient (Wildman–Crippen LogP) is 2.37. The standard InChI is InChI=1S/C16H29NO3/c1-10(2)13-6-5-11(3)7-15(13)20-16(18)14-8-12(19-4)9-17-14/h10-15,17H,5-9H2,1-4H3. The van der Waals surface area contributed by atoms with Crippen LogP contribution in [0.5, 0.6) is 0 Å². The molecule has 0 aromatic rings. The van der Waals surface area contributed by atoms with Gasteiger partial charge in [-0.25, -0.2) is 0 Å². The monoisotopic (exact) mass is 283 g/mol. The summed E-state index contributed by atoms with van der Waals surface area (Å²) >= 11 is 0. The molecule has 0 aromatic heterocycles. The number of hydrogen-bond acceptors (Lipinski definition) is 4. The van der Waals surface area contributed by atoms with Gasteiger partial charge in [-0.15, -0.1) is 0 Å². The minimum Gasteiger partial charge on any atom is -0.461 e. The maximum atomic E-state index is 12.3. The van der Waals surface area contributed by atoms with Crippen molar-refractivity contribution >= 4 is 5.97 Å². The molecule has 1 saturated heterocycles. The van der Waals surface area contributed by atoms with Crippen molar-refractivity contribution in [3.8, 4) is 0 Å². The van der Waals surface area contributed by atoms with Gasteiger partial charge in [-0.1, -0.05) is 27.2 Å². The van der Waals surface area contributed by atoms with E-state index in [1.165, 1.54) is 12.8 Å². The molecule has 20 heavy (non-hydrogen) atoms. The first-order chi connectivity index (χ1) is 9.51. The second-order valence-electron chi connectivity index (χ2n) is 6.86. The van der Waals surface area contributed by atoms with Gasteiger partial charge in [0.25, 0.3) is 0 Å². The first-order valence-electron chi connectivity index (χ1n) is 7.98. The maximum Gasteiger partial charge on any atom is 0.323 e. The molecule has 5 unspecified atom stereocenters. The van der Waals surface area contributed by atoms with Gasteiger partial charge in [0, 0.05) is 20.1 Å². The predicted molar refractivity (Wildman–Crippen MR) is 78.4 cm³/mol. The fraction of sp³-hybridized carbons (Fsp3) is 0.938. The maximum absolute atomic E-state index is 12.3. The van der Waals surface area contributed by atoms with Crippen molar-refractivity contribution < 1.29 is 14.3 Å². The Balaban J connectivity index is 1.91. The van der Waals surface area contributed by atoms with Crippen molar-refractivity contribution in [2.24, 2.45) is 17.8 Å². The lowest BCUT2D eigenvalue weighted by molar-refractivity contribution is -0.158. The lowest BCUT2D eigenvalue weighted by Gasteiger charge is -2.37. The van der Waals surface area contributed by atoms with Crippen molar-refractivity contribution in [2.45, 2.75) is 64.7 Å². The van der Waals surface area contributed by atoms with E-state index in [2.05, 4.69) is 26.1 Å². The van der Waals surface area contributed by atoms with Gasteiger partial charge in [-0.2, -0.15) is 0 Å². The lowest BCUT2D eigenvalue weighted by Crippen LogP contribution is -2.40. The molecule has 0 amide bonds. The minimum atomic E-state index is -0.190. The van der Waals surface area contributed by atoms with E-state index in [1.807, 2.05) is 0 Å². The fourth-order valence-corrected chi connectivity index (χ4v) is 3.54. The van der Waals surface area contributed by atoms with E-state index < -0.39 is 0 Å². The third-order valence-electron chi connectivity index (χ3n) is 4.94. The van der Waals surface area contributed by atoms with Crippen molar-refractivity contribution in [1.29, 1.82) is 0 Å². The summed E-state index contributed by atoms with van der Waals surface area (Å²) in [4.78, 5) is 12.3. The van der Waals surface area contributed by atoms with Crippen LogP contribution in [0.2, 0.25) is 0 Å². The molecule has 4 heteroatoms. The van der Waals surface area contributed by atoms with Gasteiger partial charge in [0.15, 0.2) is 0 Å². The molecule has 5 atom stereocenters. The summed E-state index contributed by atoms with van der Waals surface area (Å²) in [6, 6.07) is -0.190. The normalized spacial score (nSPS) is 38.1. The minimum absolute atomic E-state index is 0.0886. The van der Waals surface area contributed by atoms with Crippen LogP contribution in [-0.2, 0) is 14.3 Å². The molecule has 1 aliphatic heterocycles. The number of carbonyl (C=O) groups excluding carboxylic acids is 1. The summed E-state index contributed by atoms with van der Waals surface area (Å²) < 4.78 is 11.1. The summed E-state index contributed by atoms with van der Waals surface area (Å²) in [5, 5.41) is 3.20. The average molecular weight is 283 g/mol. The molecule has 0 radical (unpaired) electrons. The molecule has 1 saturated carbocycles. The van der Waals surface area contributed by atoms with E-state index in [-0.39, 0.29) is 24.2 Å². The topological polar surface area (TPSA) is 47.6 Å². The number of ether oxygens (including phenoxy) is 2. The van der Waals surface area contributed by atoms with E-state index in [4.69, 9.17) is 9.47 Å². The quantitative estimate of drug-likeness (QED) is 0.805. The Morgan fingerprint density at radius 1 is 1.25 bits per heavy atom. The van der Waals surface area contributed by atoms with Crippen LogP contribution >= 0.6 is 0 Å². The molecule has 4 nitrogen and oxygen atoms in total. The molecule has 2 fully saturated rings. The highest BCUT2D eigenvalue weighted by Crippen LogP contribution is 2.35. The largest absolute Gasteiger partial charge is 0.461 e.